The number of hydrogen-bond acceptors (Lipinski definition) is 4. The molecule has 0 aliphatic carbocycles. The first-order chi connectivity index (χ1) is 7.45. The van der Waals surface area contributed by atoms with Crippen LogP contribution >= 0.6 is 0 Å². The highest BCUT2D eigenvalue weighted by atomic mass is 32.2. The number of hydrogen-bond donors (Lipinski definition) is 2. The fourth-order valence-electron chi connectivity index (χ4n) is 1.27. The number of carbonyl (C=O) groups excluding carboxylic acids is 1. The van der Waals surface area contributed by atoms with Crippen molar-refractivity contribution in [1.82, 2.24) is 5.32 Å². The molecule has 0 aromatic heterocycles. The zero-order chi connectivity index (χ0) is 12.4. The molecule has 0 aliphatic rings. The van der Waals surface area contributed by atoms with E-state index in [-0.39, 0.29) is 24.6 Å². The third-order valence-electron chi connectivity index (χ3n) is 2.17. The lowest BCUT2D eigenvalue weighted by Gasteiger charge is -2.02. The van der Waals surface area contributed by atoms with Crippen LogP contribution in [0.3, 0.4) is 0 Å². The van der Waals surface area contributed by atoms with Gasteiger partial charge in [0.15, 0.2) is 0 Å². The monoisotopic (exact) mass is 251 g/mol. The fraction of sp³-hybridized carbons (Fsp3) is 0.900. The van der Waals surface area contributed by atoms with Gasteiger partial charge in [0, 0.05) is 13.0 Å². The Morgan fingerprint density at radius 2 is 1.94 bits per heavy atom. The van der Waals surface area contributed by atoms with Gasteiger partial charge >= 0.3 is 0 Å². The molecule has 0 spiro atoms. The van der Waals surface area contributed by atoms with Gasteiger partial charge in [-0.2, -0.15) is 8.42 Å². The van der Waals surface area contributed by atoms with Crippen LogP contribution in [-0.2, 0) is 14.9 Å². The molecular formula is C10H21NO4S. The number of carbonyl (C=O) groups is 1. The van der Waals surface area contributed by atoms with Crippen molar-refractivity contribution < 1.29 is 17.8 Å². The van der Waals surface area contributed by atoms with Crippen molar-refractivity contribution in [2.24, 2.45) is 0 Å². The molecule has 96 valence electrons. The Morgan fingerprint density at radius 3 is 2.50 bits per heavy atom. The van der Waals surface area contributed by atoms with Gasteiger partial charge in [-0.15, -0.1) is 0 Å². The quantitative estimate of drug-likeness (QED) is 0.447. The van der Waals surface area contributed by atoms with Crippen molar-refractivity contribution in [1.29, 1.82) is 0 Å². The first kappa shape index (κ1) is 15.5. The third kappa shape index (κ3) is 11.6. The molecule has 6 heteroatoms. The summed E-state index contributed by atoms with van der Waals surface area (Å²) in [5.41, 5.74) is 0. The lowest BCUT2D eigenvalue weighted by atomic mass is 10.1. The first-order valence-corrected chi connectivity index (χ1v) is 7.24. The van der Waals surface area contributed by atoms with Crippen LogP contribution in [0.2, 0.25) is 0 Å². The van der Waals surface area contributed by atoms with Crippen molar-refractivity contribution in [2.45, 2.75) is 39.0 Å². The summed E-state index contributed by atoms with van der Waals surface area (Å²) in [6.07, 6.45) is 4.78. The normalized spacial score (nSPS) is 11.6. The molecular weight excluding hydrogens is 230 g/mol. The second-order valence-electron chi connectivity index (χ2n) is 3.81. The molecule has 0 rings (SSSR count). The standard InChI is InChI=1S/C10H21NO4S/c1-2-3-4-5-6-10(12)9-11-7-8-16(13,14)15/h11H,2-9H2,1H3,(H,13,14,15). The predicted molar refractivity (Wildman–Crippen MR) is 63.1 cm³/mol. The average molecular weight is 251 g/mol. The lowest BCUT2D eigenvalue weighted by Crippen LogP contribution is -2.28. The summed E-state index contributed by atoms with van der Waals surface area (Å²) in [4.78, 5) is 11.3. The molecule has 0 aromatic rings. The van der Waals surface area contributed by atoms with Crippen LogP contribution < -0.4 is 5.32 Å². The van der Waals surface area contributed by atoms with Crippen LogP contribution in [0.4, 0.5) is 0 Å². The van der Waals surface area contributed by atoms with E-state index in [4.69, 9.17) is 4.55 Å². The summed E-state index contributed by atoms with van der Waals surface area (Å²) in [6, 6.07) is 0. The van der Waals surface area contributed by atoms with Crippen LogP contribution in [0.5, 0.6) is 0 Å². The van der Waals surface area contributed by atoms with Crippen molar-refractivity contribution in [3.63, 3.8) is 0 Å². The number of ketones is 1. The van der Waals surface area contributed by atoms with E-state index >= 15 is 0 Å². The Morgan fingerprint density at radius 1 is 1.25 bits per heavy atom. The van der Waals surface area contributed by atoms with E-state index in [2.05, 4.69) is 12.2 Å². The van der Waals surface area contributed by atoms with Crippen LogP contribution in [0.25, 0.3) is 0 Å². The van der Waals surface area contributed by atoms with Crippen molar-refractivity contribution in [3.8, 4) is 0 Å². The molecule has 0 saturated carbocycles. The van der Waals surface area contributed by atoms with E-state index in [9.17, 15) is 13.2 Å². The lowest BCUT2D eigenvalue weighted by molar-refractivity contribution is -0.118. The Hall–Kier alpha value is -0.460. The Balaban J connectivity index is 3.37. The summed E-state index contributed by atoms with van der Waals surface area (Å²) in [6.45, 7) is 2.40. The van der Waals surface area contributed by atoms with Gasteiger partial charge in [-0.3, -0.25) is 9.35 Å². The number of unbranched alkanes of at least 4 members (excludes halogenated alkanes) is 3. The van der Waals surface area contributed by atoms with Gasteiger partial charge in [-0.05, 0) is 6.42 Å². The minimum Gasteiger partial charge on any atom is -0.309 e. The first-order valence-electron chi connectivity index (χ1n) is 5.63. The summed E-state index contributed by atoms with van der Waals surface area (Å²) in [5.74, 6) is -0.262. The van der Waals surface area contributed by atoms with Crippen molar-refractivity contribution >= 4 is 15.9 Å². The number of nitrogens with one attached hydrogen (secondary N) is 1. The highest BCUT2D eigenvalue weighted by Gasteiger charge is 2.05. The maximum atomic E-state index is 11.3. The molecule has 0 saturated heterocycles. The molecule has 0 heterocycles. The SMILES string of the molecule is CCCCCCC(=O)CNCCS(=O)(=O)O. The van der Waals surface area contributed by atoms with Crippen molar-refractivity contribution in [3.05, 3.63) is 0 Å². The van der Waals surface area contributed by atoms with Gasteiger partial charge in [-0.1, -0.05) is 26.2 Å². The van der Waals surface area contributed by atoms with Gasteiger partial charge in [0.1, 0.15) is 5.78 Å². The van der Waals surface area contributed by atoms with E-state index in [1.165, 1.54) is 0 Å². The van der Waals surface area contributed by atoms with Crippen LogP contribution in [-0.4, -0.2) is 37.6 Å². The van der Waals surface area contributed by atoms with Crippen LogP contribution in [0, 0.1) is 0 Å². The topological polar surface area (TPSA) is 83.5 Å². The summed E-state index contributed by atoms with van der Waals surface area (Å²) in [7, 11) is -3.92. The van der Waals surface area contributed by atoms with E-state index in [0.717, 1.165) is 25.7 Å². The molecule has 0 aliphatic heterocycles. The summed E-state index contributed by atoms with van der Waals surface area (Å²) in [5, 5.41) is 2.69. The van der Waals surface area contributed by atoms with E-state index in [0.29, 0.717) is 6.42 Å². The second-order valence-corrected chi connectivity index (χ2v) is 5.38. The maximum absolute atomic E-state index is 11.3. The second kappa shape index (κ2) is 8.66. The van der Waals surface area contributed by atoms with Crippen molar-refractivity contribution in [2.75, 3.05) is 18.8 Å². The van der Waals surface area contributed by atoms with E-state index < -0.39 is 10.1 Å². The molecule has 0 amide bonds. The van der Waals surface area contributed by atoms with Gasteiger partial charge in [0.25, 0.3) is 10.1 Å². The van der Waals surface area contributed by atoms with E-state index in [1.54, 1.807) is 0 Å². The van der Waals surface area contributed by atoms with Gasteiger partial charge in [-0.25, -0.2) is 0 Å². The largest absolute Gasteiger partial charge is 0.309 e. The molecule has 2 N–H and O–H groups in total. The molecule has 0 unspecified atom stereocenters. The van der Waals surface area contributed by atoms with E-state index in [1.807, 2.05) is 0 Å². The molecule has 0 aromatic carbocycles. The summed E-state index contributed by atoms with van der Waals surface area (Å²) >= 11 is 0. The predicted octanol–water partition coefficient (Wildman–Crippen LogP) is 1.00. The number of rotatable bonds is 10. The van der Waals surface area contributed by atoms with Gasteiger partial charge in [0.2, 0.25) is 0 Å². The average Bonchev–Trinajstić information content (AvgIpc) is 2.18. The minimum absolute atomic E-state index is 0.0893. The Labute approximate surface area is 97.4 Å². The highest BCUT2D eigenvalue weighted by molar-refractivity contribution is 7.85. The minimum atomic E-state index is -3.92. The highest BCUT2D eigenvalue weighted by Crippen LogP contribution is 2.02. The Kier molecular flexibility index (Phi) is 8.42. The molecule has 0 radical (unpaired) electrons. The Bertz CT molecular complexity index is 287. The van der Waals surface area contributed by atoms with Crippen LogP contribution in [0.1, 0.15) is 39.0 Å². The van der Waals surface area contributed by atoms with Gasteiger partial charge in [0.05, 0.1) is 12.3 Å². The maximum Gasteiger partial charge on any atom is 0.266 e. The van der Waals surface area contributed by atoms with Crippen LogP contribution in [0.15, 0.2) is 0 Å². The zero-order valence-electron chi connectivity index (χ0n) is 9.74. The molecule has 0 atom stereocenters. The van der Waals surface area contributed by atoms with Gasteiger partial charge < -0.3 is 5.32 Å². The number of Topliss-reactive ketones (excluding diaryl/α,β-unsaturated/α-hetero) is 1. The molecule has 5 nitrogen and oxygen atoms in total. The molecule has 0 fully saturated rings. The third-order valence-corrected chi connectivity index (χ3v) is 2.89. The zero-order valence-corrected chi connectivity index (χ0v) is 10.6. The molecule has 0 bridgehead atoms. The fourth-order valence-corrected chi connectivity index (χ4v) is 1.67. The smallest absolute Gasteiger partial charge is 0.266 e. The molecule has 16 heavy (non-hydrogen) atoms. The summed E-state index contributed by atoms with van der Waals surface area (Å²) < 4.78 is 29.1.